The summed E-state index contributed by atoms with van der Waals surface area (Å²) in [6.07, 6.45) is 0. The molecule has 0 bridgehead atoms. The highest BCUT2D eigenvalue weighted by molar-refractivity contribution is 5.35. The van der Waals surface area contributed by atoms with Crippen molar-refractivity contribution in [1.82, 2.24) is 9.97 Å². The molecular formula is C14H18N4O2. The molecule has 20 heavy (non-hydrogen) atoms. The van der Waals surface area contributed by atoms with Gasteiger partial charge in [-0.15, -0.1) is 0 Å². The van der Waals surface area contributed by atoms with Gasteiger partial charge in [0.15, 0.2) is 0 Å². The van der Waals surface area contributed by atoms with Crippen LogP contribution < -0.4 is 20.5 Å². The first-order chi connectivity index (χ1) is 9.75. The van der Waals surface area contributed by atoms with Gasteiger partial charge in [-0.3, -0.25) is 0 Å². The van der Waals surface area contributed by atoms with E-state index in [1.807, 2.05) is 24.3 Å². The van der Waals surface area contributed by atoms with Gasteiger partial charge in [-0.25, -0.2) is 0 Å². The minimum Gasteiger partial charge on any atom is -0.481 e. The smallest absolute Gasteiger partial charge is 0.229 e. The van der Waals surface area contributed by atoms with E-state index in [9.17, 15) is 0 Å². The molecule has 0 aliphatic carbocycles. The molecule has 0 saturated heterocycles. The third-order valence-electron chi connectivity index (χ3n) is 2.81. The maximum Gasteiger partial charge on any atom is 0.229 e. The third-order valence-corrected chi connectivity index (χ3v) is 2.81. The Balaban J connectivity index is 2.05. The first-order valence-electron chi connectivity index (χ1n) is 6.24. The number of aromatic nitrogens is 2. The lowest BCUT2D eigenvalue weighted by Gasteiger charge is -2.08. The molecule has 6 heteroatoms. The number of ether oxygens (including phenoxy) is 2. The van der Waals surface area contributed by atoms with Crippen LogP contribution >= 0.6 is 0 Å². The van der Waals surface area contributed by atoms with Crippen LogP contribution in [0.2, 0.25) is 0 Å². The molecule has 2 aromatic rings. The summed E-state index contributed by atoms with van der Waals surface area (Å²) in [7, 11) is 3.11. The Labute approximate surface area is 118 Å². The van der Waals surface area contributed by atoms with Crippen LogP contribution in [0.25, 0.3) is 0 Å². The highest BCUT2D eigenvalue weighted by Crippen LogP contribution is 2.17. The Morgan fingerprint density at radius 3 is 2.05 bits per heavy atom. The topological polar surface area (TPSA) is 82.3 Å². The van der Waals surface area contributed by atoms with Gasteiger partial charge < -0.3 is 20.5 Å². The Hall–Kier alpha value is -2.34. The molecule has 0 amide bonds. The van der Waals surface area contributed by atoms with Crippen molar-refractivity contribution in [2.75, 3.05) is 19.5 Å². The van der Waals surface area contributed by atoms with Crippen LogP contribution in [0.4, 0.5) is 5.95 Å². The van der Waals surface area contributed by atoms with Crippen LogP contribution in [0.1, 0.15) is 11.1 Å². The number of methoxy groups -OCH3 is 2. The molecule has 106 valence electrons. The molecule has 1 aromatic carbocycles. The summed E-state index contributed by atoms with van der Waals surface area (Å²) < 4.78 is 10.2. The lowest BCUT2D eigenvalue weighted by Crippen LogP contribution is -2.06. The van der Waals surface area contributed by atoms with Crippen LogP contribution in [-0.4, -0.2) is 24.2 Å². The highest BCUT2D eigenvalue weighted by Gasteiger charge is 2.05. The summed E-state index contributed by atoms with van der Waals surface area (Å²) >= 11 is 0. The fourth-order valence-corrected chi connectivity index (χ4v) is 1.67. The highest BCUT2D eigenvalue weighted by atomic mass is 16.5. The maximum atomic E-state index is 5.57. The van der Waals surface area contributed by atoms with Crippen molar-refractivity contribution < 1.29 is 9.47 Å². The van der Waals surface area contributed by atoms with E-state index in [1.165, 1.54) is 0 Å². The van der Waals surface area contributed by atoms with E-state index in [2.05, 4.69) is 15.3 Å². The number of benzene rings is 1. The second-order valence-electron chi connectivity index (χ2n) is 4.15. The Kier molecular flexibility index (Phi) is 4.73. The molecule has 3 N–H and O–H groups in total. The Morgan fingerprint density at radius 2 is 1.55 bits per heavy atom. The number of nitrogens with one attached hydrogen (secondary N) is 1. The summed E-state index contributed by atoms with van der Waals surface area (Å²) in [6.45, 7) is 1.16. The van der Waals surface area contributed by atoms with E-state index in [0.29, 0.717) is 30.8 Å². The molecule has 1 aromatic heterocycles. The summed E-state index contributed by atoms with van der Waals surface area (Å²) in [6, 6.07) is 9.68. The first-order valence-corrected chi connectivity index (χ1v) is 6.24. The van der Waals surface area contributed by atoms with Crippen molar-refractivity contribution >= 4 is 5.95 Å². The molecule has 0 radical (unpaired) electrons. The predicted octanol–water partition coefficient (Wildman–Crippen LogP) is 1.56. The fourth-order valence-electron chi connectivity index (χ4n) is 1.67. The van der Waals surface area contributed by atoms with Gasteiger partial charge in [0.25, 0.3) is 0 Å². The largest absolute Gasteiger partial charge is 0.481 e. The van der Waals surface area contributed by atoms with Gasteiger partial charge in [-0.2, -0.15) is 9.97 Å². The Morgan fingerprint density at radius 1 is 1.00 bits per heavy atom. The van der Waals surface area contributed by atoms with Crippen LogP contribution in [0.5, 0.6) is 11.8 Å². The van der Waals surface area contributed by atoms with E-state index in [0.717, 1.165) is 11.1 Å². The van der Waals surface area contributed by atoms with E-state index in [1.54, 1.807) is 20.3 Å². The van der Waals surface area contributed by atoms with Gasteiger partial charge in [0, 0.05) is 13.1 Å². The molecule has 0 aliphatic rings. The van der Waals surface area contributed by atoms with E-state index in [4.69, 9.17) is 15.2 Å². The van der Waals surface area contributed by atoms with Crippen molar-refractivity contribution in [2.45, 2.75) is 13.1 Å². The minimum absolute atomic E-state index is 0.456. The lowest BCUT2D eigenvalue weighted by molar-refractivity contribution is 0.373. The van der Waals surface area contributed by atoms with Crippen LogP contribution in [0, 0.1) is 0 Å². The SMILES string of the molecule is COc1cc(OC)nc(NCc2ccc(CN)cc2)n1. The zero-order valence-electron chi connectivity index (χ0n) is 11.6. The Bertz CT molecular complexity index is 535. The summed E-state index contributed by atoms with van der Waals surface area (Å²) in [4.78, 5) is 8.41. The number of hydrogen-bond acceptors (Lipinski definition) is 6. The van der Waals surface area contributed by atoms with Gasteiger partial charge in [-0.1, -0.05) is 24.3 Å². The molecule has 0 aliphatic heterocycles. The van der Waals surface area contributed by atoms with Gasteiger partial charge in [-0.05, 0) is 11.1 Å². The van der Waals surface area contributed by atoms with Gasteiger partial charge in [0.2, 0.25) is 17.7 Å². The predicted molar refractivity (Wildman–Crippen MR) is 76.8 cm³/mol. The molecule has 1 heterocycles. The summed E-state index contributed by atoms with van der Waals surface area (Å²) in [5, 5.41) is 3.13. The maximum absolute atomic E-state index is 5.57. The molecule has 0 fully saturated rings. The first kappa shape index (κ1) is 14.1. The van der Waals surface area contributed by atoms with Crippen molar-refractivity contribution in [3.63, 3.8) is 0 Å². The third kappa shape index (κ3) is 3.58. The van der Waals surface area contributed by atoms with Crippen molar-refractivity contribution in [2.24, 2.45) is 5.73 Å². The summed E-state index contributed by atoms with van der Waals surface area (Å²) in [5.74, 6) is 1.37. The van der Waals surface area contributed by atoms with Gasteiger partial charge >= 0.3 is 0 Å². The number of anilines is 1. The molecule has 0 spiro atoms. The normalized spacial score (nSPS) is 10.2. The molecule has 0 unspecified atom stereocenters. The van der Waals surface area contributed by atoms with E-state index >= 15 is 0 Å². The number of hydrogen-bond donors (Lipinski definition) is 2. The number of nitrogens with zero attached hydrogens (tertiary/aromatic N) is 2. The van der Waals surface area contributed by atoms with Crippen molar-refractivity contribution in [3.05, 3.63) is 41.5 Å². The average molecular weight is 274 g/mol. The summed E-state index contributed by atoms with van der Waals surface area (Å²) in [5.41, 5.74) is 7.79. The van der Waals surface area contributed by atoms with E-state index < -0.39 is 0 Å². The molecule has 0 saturated carbocycles. The van der Waals surface area contributed by atoms with Crippen molar-refractivity contribution in [1.29, 1.82) is 0 Å². The zero-order chi connectivity index (χ0) is 14.4. The lowest BCUT2D eigenvalue weighted by atomic mass is 10.1. The number of nitrogens with two attached hydrogens (primary N) is 1. The van der Waals surface area contributed by atoms with Crippen LogP contribution in [0.15, 0.2) is 30.3 Å². The van der Waals surface area contributed by atoms with Crippen LogP contribution in [-0.2, 0) is 13.1 Å². The molecule has 0 atom stereocenters. The fraction of sp³-hybridized carbons (Fsp3) is 0.286. The second-order valence-corrected chi connectivity index (χ2v) is 4.15. The minimum atomic E-state index is 0.456. The van der Waals surface area contributed by atoms with Crippen LogP contribution in [0.3, 0.4) is 0 Å². The van der Waals surface area contributed by atoms with Gasteiger partial charge in [0.05, 0.1) is 20.3 Å². The van der Waals surface area contributed by atoms with Gasteiger partial charge in [0.1, 0.15) is 0 Å². The molecule has 6 nitrogen and oxygen atoms in total. The monoisotopic (exact) mass is 274 g/mol. The molecule has 2 rings (SSSR count). The number of rotatable bonds is 6. The zero-order valence-corrected chi connectivity index (χ0v) is 11.6. The van der Waals surface area contributed by atoms with Crippen molar-refractivity contribution in [3.8, 4) is 11.8 Å². The average Bonchev–Trinajstić information content (AvgIpc) is 2.53. The quantitative estimate of drug-likeness (QED) is 0.832. The van der Waals surface area contributed by atoms with E-state index in [-0.39, 0.29) is 0 Å². The second kappa shape index (κ2) is 6.72. The standard InChI is InChI=1S/C14H18N4O2/c1-19-12-7-13(20-2)18-14(17-12)16-9-11-5-3-10(8-15)4-6-11/h3-7H,8-9,15H2,1-2H3,(H,16,17,18). The molecular weight excluding hydrogens is 256 g/mol.